The predicted octanol–water partition coefficient (Wildman–Crippen LogP) is 2.77. The Morgan fingerprint density at radius 1 is 1.33 bits per heavy atom. The minimum atomic E-state index is 0.0993. The first kappa shape index (κ1) is 15.1. The smallest absolute Gasteiger partial charge is 0.177 e. The number of nitrogens with one attached hydrogen (secondary N) is 1. The highest BCUT2D eigenvalue weighted by Crippen LogP contribution is 2.24. The van der Waals surface area contributed by atoms with Crippen molar-refractivity contribution in [1.29, 1.82) is 10.5 Å². The summed E-state index contributed by atoms with van der Waals surface area (Å²) in [4.78, 5) is 3.91. The molecule has 0 fully saturated rings. The number of hydrogen-bond donors (Lipinski definition) is 1. The van der Waals surface area contributed by atoms with Gasteiger partial charge < -0.3 is 5.32 Å². The Kier molecular flexibility index (Phi) is 4.94. The van der Waals surface area contributed by atoms with E-state index < -0.39 is 0 Å². The van der Waals surface area contributed by atoms with Crippen molar-refractivity contribution in [3.8, 4) is 17.8 Å². The Bertz CT molecular complexity index is 721. The average molecular weight is 300 g/mol. The number of nitrogens with zero attached hydrogens (tertiary/aromatic N) is 4. The summed E-state index contributed by atoms with van der Waals surface area (Å²) in [6, 6.07) is 9.50. The van der Waals surface area contributed by atoms with E-state index in [4.69, 9.17) is 22.1 Å². The van der Waals surface area contributed by atoms with Gasteiger partial charge in [0.15, 0.2) is 11.4 Å². The van der Waals surface area contributed by atoms with E-state index in [0.717, 1.165) is 25.1 Å². The molecule has 0 spiro atoms. The summed E-state index contributed by atoms with van der Waals surface area (Å²) in [7, 11) is 0. The third-order valence-electron chi connectivity index (χ3n) is 3.01. The second kappa shape index (κ2) is 6.90. The van der Waals surface area contributed by atoms with Crippen molar-refractivity contribution in [2.75, 3.05) is 6.54 Å². The molecule has 2 aromatic rings. The highest BCUT2D eigenvalue weighted by Gasteiger charge is 2.13. The van der Waals surface area contributed by atoms with Gasteiger partial charge in [0.05, 0.1) is 10.7 Å². The molecular formula is C15H14ClN5. The van der Waals surface area contributed by atoms with E-state index in [0.29, 0.717) is 10.7 Å². The van der Waals surface area contributed by atoms with Crippen LogP contribution in [-0.2, 0) is 6.54 Å². The number of aromatic nitrogens is 2. The Morgan fingerprint density at radius 2 is 2.14 bits per heavy atom. The van der Waals surface area contributed by atoms with E-state index in [1.807, 2.05) is 30.3 Å². The molecule has 0 aliphatic heterocycles. The van der Waals surface area contributed by atoms with Crippen LogP contribution < -0.4 is 5.32 Å². The second-order valence-electron chi connectivity index (χ2n) is 4.50. The fraction of sp³-hybridized carbons (Fsp3) is 0.267. The van der Waals surface area contributed by atoms with Crippen molar-refractivity contribution < 1.29 is 0 Å². The van der Waals surface area contributed by atoms with Gasteiger partial charge in [-0.25, -0.2) is 4.98 Å². The molecule has 1 N–H and O–H groups in total. The molecule has 106 valence electrons. The van der Waals surface area contributed by atoms with Crippen molar-refractivity contribution in [2.45, 2.75) is 19.9 Å². The molecule has 0 aliphatic carbocycles. The molecule has 2 rings (SSSR count). The molecule has 0 amide bonds. The van der Waals surface area contributed by atoms with Crippen LogP contribution in [0, 0.1) is 22.7 Å². The summed E-state index contributed by atoms with van der Waals surface area (Å²) in [6.45, 7) is 3.80. The van der Waals surface area contributed by atoms with Gasteiger partial charge in [0.2, 0.25) is 0 Å². The van der Waals surface area contributed by atoms with Gasteiger partial charge >= 0.3 is 0 Å². The zero-order valence-corrected chi connectivity index (χ0v) is 12.4. The molecule has 0 saturated heterocycles. The van der Waals surface area contributed by atoms with Gasteiger partial charge in [0, 0.05) is 6.54 Å². The first-order chi connectivity index (χ1) is 10.2. The van der Waals surface area contributed by atoms with Crippen LogP contribution in [0.3, 0.4) is 0 Å². The fourth-order valence-electron chi connectivity index (χ4n) is 1.98. The highest BCUT2D eigenvalue weighted by molar-refractivity contribution is 6.32. The Labute approximate surface area is 128 Å². The molecule has 0 saturated carbocycles. The predicted molar refractivity (Wildman–Crippen MR) is 80.0 cm³/mol. The lowest BCUT2D eigenvalue weighted by Crippen LogP contribution is -2.13. The van der Waals surface area contributed by atoms with Crippen molar-refractivity contribution in [2.24, 2.45) is 0 Å². The maximum atomic E-state index is 9.15. The Morgan fingerprint density at radius 3 is 2.76 bits per heavy atom. The van der Waals surface area contributed by atoms with Crippen molar-refractivity contribution >= 4 is 11.6 Å². The van der Waals surface area contributed by atoms with E-state index in [-0.39, 0.29) is 11.4 Å². The Hall–Kier alpha value is -2.34. The zero-order valence-electron chi connectivity index (χ0n) is 11.6. The number of imidazole rings is 1. The summed E-state index contributed by atoms with van der Waals surface area (Å²) in [5.74, 6) is 0. The lowest BCUT2D eigenvalue weighted by Gasteiger charge is -2.09. The minimum absolute atomic E-state index is 0.0993. The highest BCUT2D eigenvalue weighted by atomic mass is 35.5. The first-order valence-corrected chi connectivity index (χ1v) is 6.96. The molecule has 1 aromatic carbocycles. The largest absolute Gasteiger partial charge is 0.313 e. The summed E-state index contributed by atoms with van der Waals surface area (Å²) in [5.41, 5.74) is 2.00. The molecule has 6 heteroatoms. The van der Waals surface area contributed by atoms with Gasteiger partial charge in [-0.15, -0.1) is 0 Å². The van der Waals surface area contributed by atoms with Crippen molar-refractivity contribution in [1.82, 2.24) is 14.9 Å². The third-order valence-corrected chi connectivity index (χ3v) is 3.31. The maximum Gasteiger partial charge on any atom is 0.177 e. The summed E-state index contributed by atoms with van der Waals surface area (Å²) >= 11 is 6.29. The van der Waals surface area contributed by atoms with Crippen LogP contribution >= 0.6 is 11.6 Å². The number of rotatable bonds is 5. The molecule has 21 heavy (non-hydrogen) atoms. The van der Waals surface area contributed by atoms with Gasteiger partial charge in [-0.3, -0.25) is 4.57 Å². The van der Waals surface area contributed by atoms with Crippen LogP contribution in [0.4, 0.5) is 0 Å². The number of benzene rings is 1. The summed E-state index contributed by atoms with van der Waals surface area (Å²) < 4.78 is 1.53. The standard InChI is InChI=1S/C15H14ClN5/c1-2-5-19-9-11-3-4-14(12(16)6-11)21-10-20-13(7-17)15(21)8-18/h3-4,6,10,19H,2,5,9H2,1H3. The zero-order chi connectivity index (χ0) is 15.2. The molecule has 0 bridgehead atoms. The number of hydrogen-bond acceptors (Lipinski definition) is 4. The SMILES string of the molecule is CCCNCc1ccc(-n2cnc(C#N)c2C#N)c(Cl)c1. The van der Waals surface area contributed by atoms with Crippen LogP contribution in [0.25, 0.3) is 5.69 Å². The lowest BCUT2D eigenvalue weighted by atomic mass is 10.2. The van der Waals surface area contributed by atoms with E-state index in [9.17, 15) is 0 Å². The monoisotopic (exact) mass is 299 g/mol. The van der Waals surface area contributed by atoms with Crippen molar-refractivity contribution in [3.05, 3.63) is 46.5 Å². The molecule has 0 unspecified atom stereocenters. The quantitative estimate of drug-likeness (QED) is 0.861. The summed E-state index contributed by atoms with van der Waals surface area (Å²) in [5, 5.41) is 21.9. The third kappa shape index (κ3) is 3.22. The van der Waals surface area contributed by atoms with Crippen LogP contribution in [0.15, 0.2) is 24.5 Å². The van der Waals surface area contributed by atoms with Gasteiger partial charge in [-0.05, 0) is 30.7 Å². The van der Waals surface area contributed by atoms with E-state index >= 15 is 0 Å². The second-order valence-corrected chi connectivity index (χ2v) is 4.91. The topological polar surface area (TPSA) is 77.4 Å². The van der Waals surface area contributed by atoms with E-state index in [1.165, 1.54) is 10.9 Å². The Balaban J connectivity index is 2.32. The van der Waals surface area contributed by atoms with Gasteiger partial charge in [-0.1, -0.05) is 24.6 Å². The van der Waals surface area contributed by atoms with E-state index in [2.05, 4.69) is 17.2 Å². The van der Waals surface area contributed by atoms with Crippen LogP contribution in [-0.4, -0.2) is 16.1 Å². The molecule has 5 nitrogen and oxygen atoms in total. The molecular weight excluding hydrogens is 286 g/mol. The van der Waals surface area contributed by atoms with Crippen LogP contribution in [0.1, 0.15) is 30.3 Å². The average Bonchev–Trinajstić information content (AvgIpc) is 2.90. The number of nitriles is 2. The van der Waals surface area contributed by atoms with Gasteiger partial charge in [0.25, 0.3) is 0 Å². The number of halogens is 1. The normalized spacial score (nSPS) is 10.1. The molecule has 0 radical (unpaired) electrons. The lowest BCUT2D eigenvalue weighted by molar-refractivity contribution is 0.675. The molecule has 0 atom stereocenters. The summed E-state index contributed by atoms with van der Waals surface area (Å²) in [6.07, 6.45) is 2.51. The van der Waals surface area contributed by atoms with Crippen LogP contribution in [0.5, 0.6) is 0 Å². The molecule has 0 aliphatic rings. The van der Waals surface area contributed by atoms with Gasteiger partial charge in [-0.2, -0.15) is 10.5 Å². The van der Waals surface area contributed by atoms with Crippen LogP contribution in [0.2, 0.25) is 5.02 Å². The molecule has 1 heterocycles. The minimum Gasteiger partial charge on any atom is -0.313 e. The fourth-order valence-corrected chi connectivity index (χ4v) is 2.28. The van der Waals surface area contributed by atoms with Gasteiger partial charge in [0.1, 0.15) is 18.5 Å². The van der Waals surface area contributed by atoms with E-state index in [1.54, 1.807) is 0 Å². The van der Waals surface area contributed by atoms with Crippen molar-refractivity contribution in [3.63, 3.8) is 0 Å². The first-order valence-electron chi connectivity index (χ1n) is 6.58. The maximum absolute atomic E-state index is 9.15. The molecule has 1 aromatic heterocycles.